The summed E-state index contributed by atoms with van der Waals surface area (Å²) in [6, 6.07) is 20.0. The molecule has 0 heterocycles. The Hall–Kier alpha value is -4.41. The van der Waals surface area contributed by atoms with Crippen molar-refractivity contribution >= 4 is 35.4 Å². The van der Waals surface area contributed by atoms with Crippen LogP contribution in [0, 0.1) is 11.8 Å². The zero-order chi connectivity index (χ0) is 34.3. The second-order valence-corrected chi connectivity index (χ2v) is 12.3. The van der Waals surface area contributed by atoms with Gasteiger partial charge in [0, 0.05) is 11.4 Å². The van der Waals surface area contributed by atoms with E-state index in [1.807, 2.05) is 68.4 Å². The molecular weight excluding hydrogens is 620 g/mol. The number of hydrogen-bond acceptors (Lipinski definition) is 7. The quantitative estimate of drug-likeness (QED) is 0.146. The topological polar surface area (TPSA) is 146 Å². The fourth-order valence-corrected chi connectivity index (χ4v) is 4.99. The van der Waals surface area contributed by atoms with Crippen molar-refractivity contribution in [3.8, 4) is 5.75 Å². The minimum atomic E-state index is -1.16. The highest BCUT2D eigenvalue weighted by Crippen LogP contribution is 2.14. The molecule has 4 amide bonds. The van der Waals surface area contributed by atoms with E-state index in [1.165, 1.54) is 12.1 Å². The van der Waals surface area contributed by atoms with E-state index >= 15 is 0 Å². The van der Waals surface area contributed by atoms with Gasteiger partial charge in [-0.2, -0.15) is 0 Å². The summed E-state index contributed by atoms with van der Waals surface area (Å²) < 4.78 is 5.31. The first-order chi connectivity index (χ1) is 22.5. The predicted molar refractivity (Wildman–Crippen MR) is 182 cm³/mol. The Balaban J connectivity index is 1.71. The molecule has 0 aliphatic rings. The number of benzene rings is 3. The van der Waals surface area contributed by atoms with Crippen LogP contribution in [0.5, 0.6) is 5.75 Å². The van der Waals surface area contributed by atoms with Crippen LogP contribution >= 0.6 is 11.6 Å². The largest absolute Gasteiger partial charge is 0.508 e. The number of carbonyl (C=O) groups excluding carboxylic acids is 4. The normalized spacial score (nSPS) is 13.6. The molecule has 0 aliphatic heterocycles. The molecule has 0 spiro atoms. The molecule has 3 rings (SSSR count). The van der Waals surface area contributed by atoms with Gasteiger partial charge in [-0.1, -0.05) is 100 Å². The van der Waals surface area contributed by atoms with E-state index in [0.717, 1.165) is 11.1 Å². The van der Waals surface area contributed by atoms with Crippen molar-refractivity contribution in [1.82, 2.24) is 21.3 Å². The van der Waals surface area contributed by atoms with Crippen LogP contribution in [-0.2, 0) is 38.6 Å². The molecule has 5 N–H and O–H groups in total. The Morgan fingerprint density at radius 3 is 2.02 bits per heavy atom. The lowest BCUT2D eigenvalue weighted by Gasteiger charge is -2.27. The highest BCUT2D eigenvalue weighted by atomic mass is 35.5. The number of imide groups is 1. The average Bonchev–Trinajstić information content (AvgIpc) is 3.06. The van der Waals surface area contributed by atoms with E-state index in [2.05, 4.69) is 21.3 Å². The number of carbonyl (C=O) groups is 4. The maximum atomic E-state index is 13.6. The SMILES string of the molecule is CC[C@H](C)[C@H](NCCc1ccc(Cl)cc1)C(=O)NC(=O)[C@H](Cc1ccc(O)cc1)NC(=O)[C@@H](NC(=O)OCc1ccccc1)C(C)C. The monoisotopic (exact) mass is 664 g/mol. The van der Waals surface area contributed by atoms with Gasteiger partial charge in [-0.05, 0) is 65.8 Å². The molecule has 10 nitrogen and oxygen atoms in total. The third-order valence-electron chi connectivity index (χ3n) is 7.88. The summed E-state index contributed by atoms with van der Waals surface area (Å²) in [4.78, 5) is 53.2. The zero-order valence-electron chi connectivity index (χ0n) is 27.3. The molecule has 0 aromatic heterocycles. The average molecular weight is 665 g/mol. The first-order valence-electron chi connectivity index (χ1n) is 15.8. The van der Waals surface area contributed by atoms with Crippen molar-refractivity contribution in [3.63, 3.8) is 0 Å². The summed E-state index contributed by atoms with van der Waals surface area (Å²) >= 11 is 5.99. The van der Waals surface area contributed by atoms with Crippen molar-refractivity contribution in [2.24, 2.45) is 11.8 Å². The minimum Gasteiger partial charge on any atom is -0.508 e. The number of nitrogens with one attached hydrogen (secondary N) is 4. The molecule has 11 heteroatoms. The number of phenols is 1. The van der Waals surface area contributed by atoms with Crippen LogP contribution < -0.4 is 21.3 Å². The van der Waals surface area contributed by atoms with Gasteiger partial charge in [0.05, 0.1) is 6.04 Å². The molecule has 3 aromatic rings. The lowest BCUT2D eigenvalue weighted by molar-refractivity contribution is -0.136. The highest BCUT2D eigenvalue weighted by molar-refractivity contribution is 6.30. The van der Waals surface area contributed by atoms with Crippen LogP contribution in [0.4, 0.5) is 4.79 Å². The summed E-state index contributed by atoms with van der Waals surface area (Å²) in [5.74, 6) is -2.20. The number of alkyl carbamates (subject to hydrolysis) is 1. The Morgan fingerprint density at radius 1 is 0.766 bits per heavy atom. The van der Waals surface area contributed by atoms with Gasteiger partial charge in [0.25, 0.3) is 0 Å². The van der Waals surface area contributed by atoms with Crippen molar-refractivity contribution in [3.05, 3.63) is 101 Å². The summed E-state index contributed by atoms with van der Waals surface area (Å²) in [7, 11) is 0. The maximum Gasteiger partial charge on any atom is 0.408 e. The summed E-state index contributed by atoms with van der Waals surface area (Å²) in [6.07, 6.45) is 0.600. The number of rotatable bonds is 16. The lowest BCUT2D eigenvalue weighted by atomic mass is 9.97. The van der Waals surface area contributed by atoms with Gasteiger partial charge in [0.2, 0.25) is 17.7 Å². The van der Waals surface area contributed by atoms with Crippen molar-refractivity contribution in [2.75, 3.05) is 6.54 Å². The predicted octanol–water partition coefficient (Wildman–Crippen LogP) is 4.91. The van der Waals surface area contributed by atoms with E-state index < -0.39 is 41.9 Å². The van der Waals surface area contributed by atoms with E-state index in [1.54, 1.807) is 26.0 Å². The van der Waals surface area contributed by atoms with Gasteiger partial charge in [0.15, 0.2) is 0 Å². The summed E-state index contributed by atoms with van der Waals surface area (Å²) in [5.41, 5.74) is 2.49. The molecule has 3 aromatic carbocycles. The van der Waals surface area contributed by atoms with Gasteiger partial charge in [-0.25, -0.2) is 4.79 Å². The fraction of sp³-hybridized carbons (Fsp3) is 0.389. The van der Waals surface area contributed by atoms with Crippen LogP contribution in [0.25, 0.3) is 0 Å². The third-order valence-corrected chi connectivity index (χ3v) is 8.13. The molecule has 0 aliphatic carbocycles. The van der Waals surface area contributed by atoms with Crippen LogP contribution in [-0.4, -0.2) is 53.6 Å². The fourth-order valence-electron chi connectivity index (χ4n) is 4.86. The Bertz CT molecular complexity index is 1450. The van der Waals surface area contributed by atoms with E-state index in [4.69, 9.17) is 16.3 Å². The van der Waals surface area contributed by atoms with Crippen LogP contribution in [0.1, 0.15) is 50.8 Å². The zero-order valence-corrected chi connectivity index (χ0v) is 28.1. The van der Waals surface area contributed by atoms with Crippen molar-refractivity contribution < 1.29 is 29.0 Å². The molecule has 0 radical (unpaired) electrons. The maximum absolute atomic E-state index is 13.6. The molecule has 47 heavy (non-hydrogen) atoms. The number of hydrogen-bond donors (Lipinski definition) is 5. The summed E-state index contributed by atoms with van der Waals surface area (Å²) in [6.45, 7) is 7.92. The smallest absolute Gasteiger partial charge is 0.408 e. The summed E-state index contributed by atoms with van der Waals surface area (Å²) in [5, 5.41) is 21.5. The molecule has 4 atom stereocenters. The molecule has 0 fully saturated rings. The molecule has 0 bridgehead atoms. The number of ether oxygens (including phenoxy) is 1. The Kier molecular flexibility index (Phi) is 14.7. The van der Waals surface area contributed by atoms with Crippen LogP contribution in [0.2, 0.25) is 5.02 Å². The van der Waals surface area contributed by atoms with Crippen molar-refractivity contribution in [1.29, 1.82) is 0 Å². The minimum absolute atomic E-state index is 0.0260. The number of amides is 4. The molecule has 0 saturated carbocycles. The van der Waals surface area contributed by atoms with Gasteiger partial charge in [-0.3, -0.25) is 19.7 Å². The first-order valence-corrected chi connectivity index (χ1v) is 16.2. The number of phenolic OH excluding ortho intramolecular Hbond substituents is 1. The van der Waals surface area contributed by atoms with E-state index in [0.29, 0.717) is 30.0 Å². The van der Waals surface area contributed by atoms with Crippen molar-refractivity contribution in [2.45, 2.75) is 71.7 Å². The number of halogens is 1. The first kappa shape index (κ1) is 37.1. The van der Waals surface area contributed by atoms with Gasteiger partial charge in [-0.15, -0.1) is 0 Å². The Labute approximate surface area is 281 Å². The highest BCUT2D eigenvalue weighted by Gasteiger charge is 2.32. The van der Waals surface area contributed by atoms with Gasteiger partial charge < -0.3 is 25.8 Å². The standard InChI is InChI=1S/C36H45ClN4O6/c1-5-24(4)32(38-20-19-25-11-15-28(37)16-12-25)35(45)41-33(43)30(21-26-13-17-29(42)18-14-26)39-34(44)31(23(2)3)40-36(46)47-22-27-9-7-6-8-10-27/h6-18,23-24,30-32,38,42H,5,19-22H2,1-4H3,(H,39,44)(H,40,46)(H,41,43,45)/t24-,30-,31-,32-/m0/s1. The second-order valence-electron chi connectivity index (χ2n) is 11.9. The molecule has 0 unspecified atom stereocenters. The van der Waals surface area contributed by atoms with Crippen LogP contribution in [0.15, 0.2) is 78.9 Å². The van der Waals surface area contributed by atoms with E-state index in [-0.39, 0.29) is 30.6 Å². The molecule has 252 valence electrons. The number of aromatic hydroxyl groups is 1. The van der Waals surface area contributed by atoms with Gasteiger partial charge in [0.1, 0.15) is 24.4 Å². The lowest BCUT2D eigenvalue weighted by Crippen LogP contribution is -2.58. The van der Waals surface area contributed by atoms with Crippen LogP contribution in [0.3, 0.4) is 0 Å². The van der Waals surface area contributed by atoms with E-state index in [9.17, 15) is 24.3 Å². The Morgan fingerprint density at radius 2 is 1.40 bits per heavy atom. The third kappa shape index (κ3) is 12.4. The van der Waals surface area contributed by atoms with Gasteiger partial charge >= 0.3 is 6.09 Å². The second kappa shape index (κ2) is 18.7. The molecule has 0 saturated heterocycles. The molecular formula is C36H45ClN4O6.